The molecule has 1 aromatic heterocycles. The number of nitrogens with one attached hydrogen (secondary N) is 1. The van der Waals surface area contributed by atoms with Crippen molar-refractivity contribution in [2.24, 2.45) is 5.16 Å². The highest BCUT2D eigenvalue weighted by Crippen LogP contribution is 2.34. The van der Waals surface area contributed by atoms with Crippen molar-refractivity contribution in [1.29, 1.82) is 0 Å². The largest absolute Gasteiger partial charge is 0.386 e. The van der Waals surface area contributed by atoms with Gasteiger partial charge in [-0.3, -0.25) is 9.59 Å². The minimum atomic E-state index is -0.617. The summed E-state index contributed by atoms with van der Waals surface area (Å²) >= 11 is 0. The van der Waals surface area contributed by atoms with Gasteiger partial charge < -0.3 is 15.1 Å². The van der Waals surface area contributed by atoms with E-state index in [2.05, 4.69) is 27.6 Å². The van der Waals surface area contributed by atoms with Crippen molar-refractivity contribution in [2.45, 2.75) is 31.3 Å². The Morgan fingerprint density at radius 2 is 2.07 bits per heavy atom. The van der Waals surface area contributed by atoms with Crippen molar-refractivity contribution in [3.8, 4) is 0 Å². The van der Waals surface area contributed by atoms with Gasteiger partial charge in [-0.05, 0) is 17.5 Å². The number of carbonyl (C=O) groups is 2. The zero-order chi connectivity index (χ0) is 20.3. The molecule has 8 heteroatoms. The van der Waals surface area contributed by atoms with Crippen LogP contribution in [0.15, 0.2) is 53.9 Å². The van der Waals surface area contributed by atoms with Gasteiger partial charge in [-0.2, -0.15) is 10.2 Å². The van der Waals surface area contributed by atoms with E-state index in [9.17, 15) is 9.59 Å². The van der Waals surface area contributed by atoms with Crippen LogP contribution in [0.25, 0.3) is 0 Å². The van der Waals surface area contributed by atoms with E-state index in [0.717, 1.165) is 0 Å². The van der Waals surface area contributed by atoms with Crippen LogP contribution < -0.4 is 5.32 Å². The summed E-state index contributed by atoms with van der Waals surface area (Å²) in [5.74, 6) is -0.131. The molecule has 4 rings (SSSR count). The average molecular weight is 393 g/mol. The molecule has 3 heterocycles. The van der Waals surface area contributed by atoms with Crippen LogP contribution in [-0.2, 0) is 9.63 Å². The maximum absolute atomic E-state index is 12.6. The maximum atomic E-state index is 12.6. The third-order valence-corrected chi connectivity index (χ3v) is 5.47. The predicted octanol–water partition coefficient (Wildman–Crippen LogP) is 1.76. The molecule has 1 fully saturated rings. The summed E-state index contributed by atoms with van der Waals surface area (Å²) in [7, 11) is 0. The molecule has 0 bridgehead atoms. The summed E-state index contributed by atoms with van der Waals surface area (Å²) in [5, 5.41) is 14.4. The smallest absolute Gasteiger partial charge is 0.269 e. The molecule has 2 amide bonds. The standard InChI is InChI=1S/C21H23N5O3/c1-15(16-5-3-2-4-6-16)12-22-19(27)18-11-21(29-25-18)8-10-26(14-21)20(28)17-7-9-23-24-13-17/h2-7,9,13,15H,8,10-12,14H2,1H3,(H,22,27)/t15-,21-/m1/s1. The Labute approximate surface area is 168 Å². The summed E-state index contributed by atoms with van der Waals surface area (Å²) in [6, 6.07) is 11.7. The number of hydrogen-bond donors (Lipinski definition) is 1. The molecule has 8 nitrogen and oxygen atoms in total. The number of likely N-dealkylation sites (tertiary alicyclic amines) is 1. The Kier molecular flexibility index (Phi) is 5.24. The first-order valence-corrected chi connectivity index (χ1v) is 9.70. The summed E-state index contributed by atoms with van der Waals surface area (Å²) in [5.41, 5.74) is 1.42. The van der Waals surface area contributed by atoms with Gasteiger partial charge >= 0.3 is 0 Å². The van der Waals surface area contributed by atoms with Crippen LogP contribution in [-0.4, -0.2) is 57.9 Å². The molecule has 1 N–H and O–H groups in total. The first kappa shape index (κ1) is 19.0. The molecule has 0 aliphatic carbocycles. The average Bonchev–Trinajstić information content (AvgIpc) is 3.39. The van der Waals surface area contributed by atoms with E-state index in [-0.39, 0.29) is 17.7 Å². The number of carbonyl (C=O) groups excluding carboxylic acids is 2. The van der Waals surface area contributed by atoms with E-state index in [0.29, 0.717) is 43.8 Å². The summed E-state index contributed by atoms with van der Waals surface area (Å²) in [6.45, 7) is 3.54. The third kappa shape index (κ3) is 4.11. The van der Waals surface area contributed by atoms with E-state index >= 15 is 0 Å². The first-order chi connectivity index (χ1) is 14.1. The number of amides is 2. The fraction of sp³-hybridized carbons (Fsp3) is 0.381. The Morgan fingerprint density at radius 3 is 2.83 bits per heavy atom. The van der Waals surface area contributed by atoms with Gasteiger partial charge in [0.15, 0.2) is 5.60 Å². The van der Waals surface area contributed by atoms with Crippen molar-refractivity contribution < 1.29 is 14.4 Å². The highest BCUT2D eigenvalue weighted by atomic mass is 16.7. The van der Waals surface area contributed by atoms with E-state index in [1.54, 1.807) is 11.0 Å². The lowest BCUT2D eigenvalue weighted by Crippen LogP contribution is -2.39. The molecule has 2 aliphatic rings. The highest BCUT2D eigenvalue weighted by Gasteiger charge is 2.48. The van der Waals surface area contributed by atoms with Gasteiger partial charge in [0.25, 0.3) is 11.8 Å². The third-order valence-electron chi connectivity index (χ3n) is 5.47. The number of benzene rings is 1. The van der Waals surface area contributed by atoms with E-state index in [1.807, 2.05) is 30.3 Å². The second-order valence-corrected chi connectivity index (χ2v) is 7.62. The maximum Gasteiger partial charge on any atom is 0.269 e. The SMILES string of the molecule is C[C@H](CNC(=O)C1=NO[C@]2(CCN(C(=O)c3ccnnc3)C2)C1)c1ccccc1. The molecule has 2 aromatic rings. The second-order valence-electron chi connectivity index (χ2n) is 7.62. The Balaban J connectivity index is 1.30. The van der Waals surface area contributed by atoms with Crippen molar-refractivity contribution in [2.75, 3.05) is 19.6 Å². The Morgan fingerprint density at radius 1 is 1.24 bits per heavy atom. The number of aromatic nitrogens is 2. The van der Waals surface area contributed by atoms with Crippen LogP contribution in [0.2, 0.25) is 0 Å². The van der Waals surface area contributed by atoms with Crippen LogP contribution in [0, 0.1) is 0 Å². The topological polar surface area (TPSA) is 96.8 Å². The minimum Gasteiger partial charge on any atom is -0.386 e. The normalized spacial score (nSPS) is 21.6. The second kappa shape index (κ2) is 7.98. The van der Waals surface area contributed by atoms with E-state index < -0.39 is 5.60 Å². The van der Waals surface area contributed by atoms with Crippen LogP contribution in [0.4, 0.5) is 0 Å². The number of hydrogen-bond acceptors (Lipinski definition) is 6. The fourth-order valence-electron chi connectivity index (χ4n) is 3.73. The molecular weight excluding hydrogens is 370 g/mol. The lowest BCUT2D eigenvalue weighted by molar-refractivity contribution is -0.115. The molecule has 2 atom stereocenters. The van der Waals surface area contributed by atoms with Crippen molar-refractivity contribution in [3.05, 3.63) is 59.9 Å². The van der Waals surface area contributed by atoms with Crippen LogP contribution in [0.1, 0.15) is 41.6 Å². The zero-order valence-electron chi connectivity index (χ0n) is 16.2. The molecule has 1 spiro atoms. The van der Waals surface area contributed by atoms with Crippen molar-refractivity contribution in [3.63, 3.8) is 0 Å². The molecular formula is C21H23N5O3. The van der Waals surface area contributed by atoms with E-state index in [4.69, 9.17) is 4.84 Å². The predicted molar refractivity (Wildman–Crippen MR) is 106 cm³/mol. The number of oxime groups is 1. The summed E-state index contributed by atoms with van der Waals surface area (Å²) < 4.78 is 0. The van der Waals surface area contributed by atoms with Gasteiger partial charge in [-0.25, -0.2) is 0 Å². The van der Waals surface area contributed by atoms with Crippen molar-refractivity contribution in [1.82, 2.24) is 20.4 Å². The lowest BCUT2D eigenvalue weighted by atomic mass is 9.96. The minimum absolute atomic E-state index is 0.116. The van der Waals surface area contributed by atoms with E-state index in [1.165, 1.54) is 18.0 Å². The fourth-order valence-corrected chi connectivity index (χ4v) is 3.73. The molecule has 1 saturated heterocycles. The van der Waals surface area contributed by atoms with Gasteiger partial charge in [-0.15, -0.1) is 0 Å². The zero-order valence-corrected chi connectivity index (χ0v) is 16.2. The summed E-state index contributed by atoms with van der Waals surface area (Å²) in [6.07, 6.45) is 3.98. The molecule has 2 aliphatic heterocycles. The van der Waals surface area contributed by atoms with Gasteiger partial charge in [0, 0.05) is 25.9 Å². The lowest BCUT2D eigenvalue weighted by Gasteiger charge is -2.21. The quantitative estimate of drug-likeness (QED) is 0.835. The number of rotatable bonds is 5. The molecule has 0 saturated carbocycles. The van der Waals surface area contributed by atoms with Crippen molar-refractivity contribution >= 4 is 17.5 Å². The highest BCUT2D eigenvalue weighted by molar-refractivity contribution is 6.39. The van der Waals surface area contributed by atoms with Gasteiger partial charge in [0.2, 0.25) is 0 Å². The molecule has 150 valence electrons. The van der Waals surface area contributed by atoms with Gasteiger partial charge in [0.05, 0.1) is 24.5 Å². The first-order valence-electron chi connectivity index (χ1n) is 9.70. The summed E-state index contributed by atoms with van der Waals surface area (Å²) in [4.78, 5) is 32.5. The molecule has 29 heavy (non-hydrogen) atoms. The van der Waals surface area contributed by atoms with Gasteiger partial charge in [-0.1, -0.05) is 42.4 Å². The van der Waals surface area contributed by atoms with Crippen LogP contribution in [0.5, 0.6) is 0 Å². The van der Waals surface area contributed by atoms with Crippen LogP contribution in [0.3, 0.4) is 0 Å². The molecule has 0 unspecified atom stereocenters. The Bertz CT molecular complexity index is 918. The molecule has 0 radical (unpaired) electrons. The molecule has 1 aromatic carbocycles. The van der Waals surface area contributed by atoms with Gasteiger partial charge in [0.1, 0.15) is 5.71 Å². The number of nitrogens with zero attached hydrogens (tertiary/aromatic N) is 4. The monoisotopic (exact) mass is 393 g/mol. The Hall–Kier alpha value is -3.29. The van der Waals surface area contributed by atoms with Crippen LogP contribution >= 0.6 is 0 Å².